The zero-order chi connectivity index (χ0) is 19.5. The Morgan fingerprint density at radius 2 is 2.07 bits per heavy atom. The van der Waals surface area contributed by atoms with Gasteiger partial charge in [-0.15, -0.1) is 0 Å². The number of carboxylic acid groups (broad SMARTS) is 1. The molecule has 6 nitrogen and oxygen atoms in total. The third-order valence-electron chi connectivity index (χ3n) is 4.58. The molecule has 27 heavy (non-hydrogen) atoms. The van der Waals surface area contributed by atoms with Gasteiger partial charge in [0.05, 0.1) is 17.6 Å². The number of aryl methyl sites for hydroxylation is 1. The average molecular weight is 375 g/mol. The van der Waals surface area contributed by atoms with Crippen molar-refractivity contribution in [3.8, 4) is 5.69 Å². The number of nitrogens with zero attached hydrogens (tertiary/aromatic N) is 2. The van der Waals surface area contributed by atoms with Crippen molar-refractivity contribution < 1.29 is 27.9 Å². The molecule has 2 aromatic carbocycles. The molecule has 138 valence electrons. The standard InChI is InChI=1S/C18H12F3N3O3/c1-2-8-6-12(9-4-3-5-10-13(9)14(8)23-16(10)25)24-15(18(19,20)21)11(7-22-24)17(26)27/h3-7H,2H2,1H3,(H,23,25)(H,26,27). The molecule has 0 spiro atoms. The zero-order valence-electron chi connectivity index (χ0n) is 13.9. The summed E-state index contributed by atoms with van der Waals surface area (Å²) in [5, 5.41) is 16.5. The minimum atomic E-state index is -4.92. The third kappa shape index (κ3) is 2.38. The van der Waals surface area contributed by atoms with Gasteiger partial charge in [-0.1, -0.05) is 19.1 Å². The van der Waals surface area contributed by atoms with Gasteiger partial charge < -0.3 is 10.4 Å². The molecule has 2 heterocycles. The molecule has 1 aliphatic rings. The Balaban J connectivity index is 2.13. The second kappa shape index (κ2) is 5.57. The lowest BCUT2D eigenvalue weighted by Gasteiger charge is -2.16. The zero-order valence-corrected chi connectivity index (χ0v) is 13.9. The molecule has 0 saturated carbocycles. The van der Waals surface area contributed by atoms with Crippen LogP contribution in [0.2, 0.25) is 0 Å². The molecule has 3 aromatic rings. The topological polar surface area (TPSA) is 84.2 Å². The maximum absolute atomic E-state index is 13.6. The normalized spacial score (nSPS) is 13.3. The lowest BCUT2D eigenvalue weighted by atomic mass is 9.99. The lowest BCUT2D eigenvalue weighted by Crippen LogP contribution is -2.17. The van der Waals surface area contributed by atoms with Gasteiger partial charge in [-0.2, -0.15) is 18.3 Å². The largest absolute Gasteiger partial charge is 0.478 e. The van der Waals surface area contributed by atoms with Crippen LogP contribution >= 0.6 is 0 Å². The molecule has 0 bridgehead atoms. The average Bonchev–Trinajstić information content (AvgIpc) is 3.19. The number of carbonyl (C=O) groups excluding carboxylic acids is 1. The Labute approximate surface area is 150 Å². The quantitative estimate of drug-likeness (QED) is 0.728. The van der Waals surface area contributed by atoms with E-state index in [2.05, 4.69) is 10.4 Å². The summed E-state index contributed by atoms with van der Waals surface area (Å²) >= 11 is 0. The highest BCUT2D eigenvalue weighted by Gasteiger charge is 2.41. The van der Waals surface area contributed by atoms with E-state index in [0.717, 1.165) is 0 Å². The molecular formula is C18H12F3N3O3. The Morgan fingerprint density at radius 3 is 2.70 bits per heavy atom. The molecule has 2 N–H and O–H groups in total. The minimum absolute atomic E-state index is 0.0729. The number of benzene rings is 2. The number of carbonyl (C=O) groups is 2. The van der Waals surface area contributed by atoms with E-state index in [1.165, 1.54) is 6.07 Å². The van der Waals surface area contributed by atoms with E-state index in [9.17, 15) is 22.8 Å². The van der Waals surface area contributed by atoms with E-state index in [1.54, 1.807) is 18.2 Å². The molecule has 0 fully saturated rings. The third-order valence-corrected chi connectivity index (χ3v) is 4.58. The molecule has 0 unspecified atom stereocenters. The van der Waals surface area contributed by atoms with Gasteiger partial charge in [-0.3, -0.25) is 4.79 Å². The monoisotopic (exact) mass is 375 g/mol. The van der Waals surface area contributed by atoms with Crippen molar-refractivity contribution in [2.45, 2.75) is 19.5 Å². The highest BCUT2D eigenvalue weighted by Crippen LogP contribution is 2.41. The van der Waals surface area contributed by atoms with Crippen LogP contribution in [0.1, 0.15) is 38.9 Å². The van der Waals surface area contributed by atoms with Crippen LogP contribution in [0.4, 0.5) is 18.9 Å². The number of amides is 1. The van der Waals surface area contributed by atoms with Gasteiger partial charge >= 0.3 is 12.1 Å². The van der Waals surface area contributed by atoms with E-state index in [4.69, 9.17) is 5.11 Å². The van der Waals surface area contributed by atoms with Crippen molar-refractivity contribution in [1.29, 1.82) is 0 Å². The van der Waals surface area contributed by atoms with Gasteiger partial charge in [0.1, 0.15) is 5.56 Å². The van der Waals surface area contributed by atoms with Crippen LogP contribution in [0.15, 0.2) is 30.5 Å². The summed E-state index contributed by atoms with van der Waals surface area (Å²) in [5.74, 6) is -2.04. The maximum Gasteiger partial charge on any atom is 0.434 e. The molecule has 0 aliphatic carbocycles. The fraction of sp³-hybridized carbons (Fsp3) is 0.167. The first-order valence-corrected chi connectivity index (χ1v) is 8.02. The fourth-order valence-corrected chi connectivity index (χ4v) is 3.44. The maximum atomic E-state index is 13.6. The summed E-state index contributed by atoms with van der Waals surface area (Å²) in [6, 6.07) is 6.24. The minimum Gasteiger partial charge on any atom is -0.478 e. The highest BCUT2D eigenvalue weighted by molar-refractivity contribution is 6.25. The summed E-state index contributed by atoms with van der Waals surface area (Å²) in [5.41, 5.74) is -0.664. The van der Waals surface area contributed by atoms with E-state index in [-0.39, 0.29) is 11.6 Å². The van der Waals surface area contributed by atoms with E-state index in [0.29, 0.717) is 44.9 Å². The number of anilines is 1. The molecule has 0 saturated heterocycles. The summed E-state index contributed by atoms with van der Waals surface area (Å²) in [4.78, 5) is 23.4. The van der Waals surface area contributed by atoms with Crippen LogP contribution in [0.5, 0.6) is 0 Å². The summed E-state index contributed by atoms with van der Waals surface area (Å²) in [6.07, 6.45) is -3.78. The summed E-state index contributed by atoms with van der Waals surface area (Å²) < 4.78 is 41.4. The number of carboxylic acids is 1. The number of hydrogen-bond donors (Lipinski definition) is 2. The van der Waals surface area contributed by atoms with Crippen LogP contribution in [0, 0.1) is 0 Å². The Kier molecular flexibility index (Phi) is 3.52. The second-order valence-corrected chi connectivity index (χ2v) is 6.09. The van der Waals surface area contributed by atoms with Crippen LogP contribution < -0.4 is 5.32 Å². The van der Waals surface area contributed by atoms with Gasteiger partial charge in [0.15, 0.2) is 5.69 Å². The first-order valence-electron chi connectivity index (χ1n) is 8.02. The van der Waals surface area contributed by atoms with Crippen LogP contribution in [0.3, 0.4) is 0 Å². The molecule has 1 aliphatic heterocycles. The number of rotatable bonds is 3. The van der Waals surface area contributed by atoms with Gasteiger partial charge in [0.25, 0.3) is 5.91 Å². The SMILES string of the molecule is CCc1cc(-n2ncc(C(=O)O)c2C(F)(F)F)c2cccc3c2c1NC3=O. The highest BCUT2D eigenvalue weighted by atomic mass is 19.4. The molecule has 0 radical (unpaired) electrons. The van der Waals surface area contributed by atoms with E-state index >= 15 is 0 Å². The van der Waals surface area contributed by atoms with Gasteiger partial charge in [0.2, 0.25) is 0 Å². The van der Waals surface area contributed by atoms with Crippen LogP contribution in [-0.2, 0) is 12.6 Å². The van der Waals surface area contributed by atoms with Gasteiger partial charge in [0, 0.05) is 16.3 Å². The summed E-state index contributed by atoms with van der Waals surface area (Å²) in [6.45, 7) is 1.81. The Morgan fingerprint density at radius 1 is 1.33 bits per heavy atom. The molecule has 0 atom stereocenters. The van der Waals surface area contributed by atoms with Crippen molar-refractivity contribution in [2.75, 3.05) is 5.32 Å². The molecule has 9 heteroatoms. The lowest BCUT2D eigenvalue weighted by molar-refractivity contribution is -0.143. The second-order valence-electron chi connectivity index (χ2n) is 6.09. The first-order chi connectivity index (χ1) is 12.7. The molecule has 1 aromatic heterocycles. The van der Waals surface area contributed by atoms with Crippen molar-refractivity contribution in [1.82, 2.24) is 9.78 Å². The number of halogens is 3. The van der Waals surface area contributed by atoms with E-state index in [1.807, 2.05) is 6.92 Å². The predicted octanol–water partition coefficient (Wildman–Crippen LogP) is 3.87. The van der Waals surface area contributed by atoms with Crippen LogP contribution in [-0.4, -0.2) is 26.8 Å². The van der Waals surface area contributed by atoms with Crippen molar-refractivity contribution in [3.63, 3.8) is 0 Å². The van der Waals surface area contributed by atoms with Crippen molar-refractivity contribution in [3.05, 3.63) is 52.8 Å². The number of hydrogen-bond acceptors (Lipinski definition) is 3. The van der Waals surface area contributed by atoms with Crippen LogP contribution in [0.25, 0.3) is 16.5 Å². The predicted molar refractivity (Wildman–Crippen MR) is 90.4 cm³/mol. The number of aromatic nitrogens is 2. The number of aromatic carboxylic acids is 1. The van der Waals surface area contributed by atoms with Gasteiger partial charge in [-0.25, -0.2) is 9.48 Å². The summed E-state index contributed by atoms with van der Waals surface area (Å²) in [7, 11) is 0. The van der Waals surface area contributed by atoms with Crippen molar-refractivity contribution >= 4 is 28.3 Å². The Hall–Kier alpha value is -3.36. The van der Waals surface area contributed by atoms with Gasteiger partial charge in [-0.05, 0) is 24.1 Å². The fourth-order valence-electron chi connectivity index (χ4n) is 3.44. The molecular weight excluding hydrogens is 363 g/mol. The smallest absolute Gasteiger partial charge is 0.434 e. The first kappa shape index (κ1) is 17.1. The number of alkyl halides is 3. The molecule has 1 amide bonds. The Bertz CT molecular complexity index is 1130. The van der Waals surface area contributed by atoms with Crippen molar-refractivity contribution in [2.24, 2.45) is 0 Å². The molecule has 4 rings (SSSR count). The number of nitrogens with one attached hydrogen (secondary N) is 1. The van der Waals surface area contributed by atoms with E-state index < -0.39 is 23.4 Å².